The Morgan fingerprint density at radius 1 is 1.26 bits per heavy atom. The lowest BCUT2D eigenvalue weighted by atomic mass is 10.2. The maximum Gasteiger partial charge on any atom is 0.243 e. The second-order valence-electron chi connectivity index (χ2n) is 3.60. The molecule has 4 nitrogen and oxygen atoms in total. The van der Waals surface area contributed by atoms with Crippen LogP contribution in [-0.2, 0) is 9.59 Å². The molecule has 0 saturated carbocycles. The topological polar surface area (TPSA) is 58.2 Å². The van der Waals surface area contributed by atoms with Crippen LogP contribution in [0.15, 0.2) is 12.1 Å². The van der Waals surface area contributed by atoms with Gasteiger partial charge in [-0.3, -0.25) is 9.59 Å². The number of halogens is 4. The smallest absolute Gasteiger partial charge is 0.243 e. The highest BCUT2D eigenvalue weighted by Gasteiger charge is 2.16. The second-order valence-corrected chi connectivity index (χ2v) is 4.26. The standard InChI is InChI=1S/C11H10ClF3N2O2/c1-5(12)11(19)16-4-8(18)17-7-3-2-6(13)9(14)10(7)15/h2-3,5H,4H2,1H3,(H,16,19)(H,17,18)/t5-/m0/s1. The molecule has 0 aliphatic heterocycles. The maximum atomic E-state index is 13.2. The number of hydrogen-bond donors (Lipinski definition) is 2. The predicted molar refractivity (Wildman–Crippen MR) is 63.3 cm³/mol. The second kappa shape index (κ2) is 6.42. The molecule has 0 heterocycles. The normalized spacial score (nSPS) is 11.8. The number of amides is 2. The van der Waals surface area contributed by atoms with Crippen molar-refractivity contribution in [1.82, 2.24) is 5.32 Å². The van der Waals surface area contributed by atoms with Crippen LogP contribution in [0, 0.1) is 17.5 Å². The minimum atomic E-state index is -1.68. The summed E-state index contributed by atoms with van der Waals surface area (Å²) in [7, 11) is 0. The van der Waals surface area contributed by atoms with Crippen molar-refractivity contribution in [3.63, 3.8) is 0 Å². The van der Waals surface area contributed by atoms with Gasteiger partial charge in [-0.25, -0.2) is 13.2 Å². The number of alkyl halides is 1. The van der Waals surface area contributed by atoms with Crippen LogP contribution < -0.4 is 10.6 Å². The van der Waals surface area contributed by atoms with Crippen molar-refractivity contribution >= 4 is 29.1 Å². The van der Waals surface area contributed by atoms with E-state index >= 15 is 0 Å². The van der Waals surface area contributed by atoms with Crippen molar-refractivity contribution in [3.8, 4) is 0 Å². The molecule has 0 aliphatic rings. The van der Waals surface area contributed by atoms with E-state index in [1.54, 1.807) is 0 Å². The Balaban J connectivity index is 2.63. The molecule has 19 heavy (non-hydrogen) atoms. The molecular formula is C11H10ClF3N2O2. The van der Waals surface area contributed by atoms with Gasteiger partial charge in [0.05, 0.1) is 12.2 Å². The molecule has 8 heteroatoms. The molecule has 0 spiro atoms. The van der Waals surface area contributed by atoms with E-state index in [4.69, 9.17) is 11.6 Å². The first-order chi connectivity index (χ1) is 8.82. The molecule has 0 bridgehead atoms. The van der Waals surface area contributed by atoms with Gasteiger partial charge in [-0.2, -0.15) is 0 Å². The van der Waals surface area contributed by atoms with E-state index in [1.807, 2.05) is 5.32 Å². The van der Waals surface area contributed by atoms with Gasteiger partial charge in [-0.05, 0) is 19.1 Å². The van der Waals surface area contributed by atoms with Crippen LogP contribution in [0.3, 0.4) is 0 Å². The van der Waals surface area contributed by atoms with Crippen molar-refractivity contribution in [2.75, 3.05) is 11.9 Å². The van der Waals surface area contributed by atoms with Crippen LogP contribution in [-0.4, -0.2) is 23.7 Å². The highest BCUT2D eigenvalue weighted by molar-refractivity contribution is 6.30. The van der Waals surface area contributed by atoms with Crippen LogP contribution in [0.25, 0.3) is 0 Å². The number of rotatable bonds is 4. The number of nitrogens with one attached hydrogen (secondary N) is 2. The summed E-state index contributed by atoms with van der Waals surface area (Å²) in [6.45, 7) is 0.943. The van der Waals surface area contributed by atoms with Crippen molar-refractivity contribution in [1.29, 1.82) is 0 Å². The van der Waals surface area contributed by atoms with Gasteiger partial charge in [-0.1, -0.05) is 0 Å². The number of benzene rings is 1. The van der Waals surface area contributed by atoms with E-state index in [2.05, 4.69) is 5.32 Å². The Bertz CT molecular complexity index is 509. The molecule has 0 unspecified atom stereocenters. The minimum absolute atomic E-state index is 0.464. The highest BCUT2D eigenvalue weighted by Crippen LogP contribution is 2.19. The fourth-order valence-electron chi connectivity index (χ4n) is 1.12. The van der Waals surface area contributed by atoms with Gasteiger partial charge in [0.1, 0.15) is 5.38 Å². The van der Waals surface area contributed by atoms with Crippen LogP contribution in [0.2, 0.25) is 0 Å². The molecule has 1 aromatic carbocycles. The lowest BCUT2D eigenvalue weighted by Crippen LogP contribution is -2.36. The van der Waals surface area contributed by atoms with Gasteiger partial charge in [0, 0.05) is 0 Å². The maximum absolute atomic E-state index is 13.2. The van der Waals surface area contributed by atoms with Gasteiger partial charge >= 0.3 is 0 Å². The van der Waals surface area contributed by atoms with Crippen molar-refractivity contribution in [2.24, 2.45) is 0 Å². The van der Waals surface area contributed by atoms with E-state index in [1.165, 1.54) is 6.92 Å². The van der Waals surface area contributed by atoms with Crippen LogP contribution in [0.4, 0.5) is 18.9 Å². The Kier molecular flexibility index (Phi) is 5.17. The van der Waals surface area contributed by atoms with E-state index in [0.29, 0.717) is 6.07 Å². The van der Waals surface area contributed by atoms with Crippen LogP contribution in [0.1, 0.15) is 6.92 Å². The van der Waals surface area contributed by atoms with Crippen LogP contribution in [0.5, 0.6) is 0 Å². The molecule has 2 amide bonds. The summed E-state index contributed by atoms with van der Waals surface area (Å²) in [6, 6.07) is 1.55. The largest absolute Gasteiger partial charge is 0.346 e. The lowest BCUT2D eigenvalue weighted by Gasteiger charge is -2.09. The Labute approximate surface area is 111 Å². The summed E-state index contributed by atoms with van der Waals surface area (Å²) in [6.07, 6.45) is 0. The molecule has 1 aromatic rings. The molecule has 1 rings (SSSR count). The van der Waals surface area contributed by atoms with E-state index in [9.17, 15) is 22.8 Å². The zero-order valence-corrected chi connectivity index (χ0v) is 10.5. The molecular weight excluding hydrogens is 285 g/mol. The summed E-state index contributed by atoms with van der Waals surface area (Å²) in [4.78, 5) is 22.4. The summed E-state index contributed by atoms with van der Waals surface area (Å²) < 4.78 is 38.7. The third-order valence-corrected chi connectivity index (χ3v) is 2.29. The van der Waals surface area contributed by atoms with Crippen molar-refractivity contribution in [3.05, 3.63) is 29.6 Å². The molecule has 0 radical (unpaired) electrons. The summed E-state index contributed by atoms with van der Waals surface area (Å²) in [5.74, 6) is -5.93. The molecule has 0 saturated heterocycles. The lowest BCUT2D eigenvalue weighted by molar-refractivity contribution is -0.123. The van der Waals surface area contributed by atoms with Crippen LogP contribution >= 0.6 is 11.6 Å². The zero-order chi connectivity index (χ0) is 14.6. The molecule has 0 aromatic heterocycles. The summed E-state index contributed by atoms with van der Waals surface area (Å²) >= 11 is 5.44. The summed E-state index contributed by atoms with van der Waals surface area (Å²) in [5, 5.41) is 3.34. The molecule has 0 aliphatic carbocycles. The Morgan fingerprint density at radius 3 is 2.47 bits per heavy atom. The Hall–Kier alpha value is -1.76. The quantitative estimate of drug-likeness (QED) is 0.657. The third kappa shape index (κ3) is 4.13. The molecule has 2 N–H and O–H groups in total. The van der Waals surface area contributed by atoms with Crippen molar-refractivity contribution in [2.45, 2.75) is 12.3 Å². The first-order valence-electron chi connectivity index (χ1n) is 5.18. The SMILES string of the molecule is C[C@H](Cl)C(=O)NCC(=O)Nc1ccc(F)c(F)c1F. The number of carbonyl (C=O) groups is 2. The van der Waals surface area contributed by atoms with E-state index in [-0.39, 0.29) is 0 Å². The molecule has 104 valence electrons. The minimum Gasteiger partial charge on any atom is -0.346 e. The third-order valence-electron chi connectivity index (χ3n) is 2.09. The predicted octanol–water partition coefficient (Wildman–Crippen LogP) is 1.79. The number of hydrogen-bond acceptors (Lipinski definition) is 2. The van der Waals surface area contributed by atoms with Crippen molar-refractivity contribution < 1.29 is 22.8 Å². The van der Waals surface area contributed by atoms with Gasteiger partial charge in [-0.15, -0.1) is 11.6 Å². The number of anilines is 1. The Morgan fingerprint density at radius 2 is 1.89 bits per heavy atom. The fourth-order valence-corrected chi connectivity index (χ4v) is 1.20. The van der Waals surface area contributed by atoms with Gasteiger partial charge < -0.3 is 10.6 Å². The van der Waals surface area contributed by atoms with E-state index in [0.717, 1.165) is 6.07 Å². The highest BCUT2D eigenvalue weighted by atomic mass is 35.5. The van der Waals surface area contributed by atoms with Gasteiger partial charge in [0.2, 0.25) is 11.8 Å². The first kappa shape index (κ1) is 15.3. The van der Waals surface area contributed by atoms with E-state index < -0.39 is 46.9 Å². The zero-order valence-electron chi connectivity index (χ0n) is 9.77. The van der Waals surface area contributed by atoms with Gasteiger partial charge in [0.15, 0.2) is 17.5 Å². The molecule has 0 fully saturated rings. The first-order valence-corrected chi connectivity index (χ1v) is 5.61. The fraction of sp³-hybridized carbons (Fsp3) is 0.273. The number of carbonyl (C=O) groups excluding carboxylic acids is 2. The van der Waals surface area contributed by atoms with Gasteiger partial charge in [0.25, 0.3) is 0 Å². The monoisotopic (exact) mass is 294 g/mol. The molecule has 1 atom stereocenters. The average molecular weight is 295 g/mol. The average Bonchev–Trinajstić information content (AvgIpc) is 2.36. The summed E-state index contributed by atoms with van der Waals surface area (Å²) in [5.41, 5.74) is -0.517.